The highest BCUT2D eigenvalue weighted by Gasteiger charge is 2.12. The molecule has 1 rings (SSSR count). The van der Waals surface area contributed by atoms with Gasteiger partial charge in [-0.05, 0) is 24.6 Å². The summed E-state index contributed by atoms with van der Waals surface area (Å²) in [7, 11) is -3.03. The molecule has 0 heterocycles. The fourth-order valence-electron chi connectivity index (χ4n) is 1.30. The van der Waals surface area contributed by atoms with Crippen LogP contribution in [0.4, 0.5) is 0 Å². The second kappa shape index (κ2) is 6.06. The standard InChI is InChI=1S/C11H13ClO5S/c1-18(15,16)6-2-5-17-10-4-3-8(12)7-9(10)11(13)14/h3-4,7H,2,5-6H2,1H3,(H,13,14). The van der Waals surface area contributed by atoms with E-state index in [0.717, 1.165) is 6.26 Å². The highest BCUT2D eigenvalue weighted by Crippen LogP contribution is 2.23. The van der Waals surface area contributed by atoms with Gasteiger partial charge in [-0.3, -0.25) is 0 Å². The Kier molecular flexibility index (Phi) is 4.98. The minimum atomic E-state index is -3.03. The summed E-state index contributed by atoms with van der Waals surface area (Å²) in [6.07, 6.45) is 1.44. The predicted octanol–water partition coefficient (Wildman–Crippen LogP) is 1.85. The molecule has 1 aromatic rings. The fraction of sp³-hybridized carbons (Fsp3) is 0.364. The third kappa shape index (κ3) is 4.93. The van der Waals surface area contributed by atoms with E-state index < -0.39 is 15.8 Å². The van der Waals surface area contributed by atoms with Gasteiger partial charge in [-0.25, -0.2) is 13.2 Å². The third-order valence-electron chi connectivity index (χ3n) is 2.09. The Balaban J connectivity index is 2.65. The minimum Gasteiger partial charge on any atom is -0.493 e. The van der Waals surface area contributed by atoms with Gasteiger partial charge in [-0.15, -0.1) is 0 Å². The largest absolute Gasteiger partial charge is 0.493 e. The molecular weight excluding hydrogens is 280 g/mol. The van der Waals surface area contributed by atoms with Gasteiger partial charge in [-0.2, -0.15) is 0 Å². The Morgan fingerprint density at radius 1 is 1.44 bits per heavy atom. The van der Waals surface area contributed by atoms with E-state index in [9.17, 15) is 13.2 Å². The summed E-state index contributed by atoms with van der Waals surface area (Å²) >= 11 is 5.68. The van der Waals surface area contributed by atoms with Crippen molar-refractivity contribution in [3.8, 4) is 5.75 Å². The van der Waals surface area contributed by atoms with Crippen LogP contribution in [0.5, 0.6) is 5.75 Å². The molecule has 0 unspecified atom stereocenters. The normalized spacial score (nSPS) is 11.2. The van der Waals surface area contributed by atoms with Crippen LogP contribution >= 0.6 is 11.6 Å². The number of hydrogen-bond acceptors (Lipinski definition) is 4. The molecule has 1 N–H and O–H groups in total. The first-order chi connectivity index (χ1) is 8.29. The summed E-state index contributed by atoms with van der Waals surface area (Å²) in [6, 6.07) is 4.25. The van der Waals surface area contributed by atoms with Crippen molar-refractivity contribution in [3.63, 3.8) is 0 Å². The first-order valence-electron chi connectivity index (χ1n) is 5.13. The second-order valence-electron chi connectivity index (χ2n) is 3.78. The molecule has 0 saturated heterocycles. The van der Waals surface area contributed by atoms with Crippen LogP contribution in [0.1, 0.15) is 16.8 Å². The lowest BCUT2D eigenvalue weighted by Crippen LogP contribution is -2.09. The number of carboxylic acids is 1. The molecule has 18 heavy (non-hydrogen) atoms. The number of ether oxygens (including phenoxy) is 1. The summed E-state index contributed by atoms with van der Waals surface area (Å²) in [4.78, 5) is 10.9. The molecule has 100 valence electrons. The zero-order valence-corrected chi connectivity index (χ0v) is 11.3. The molecule has 1 aromatic carbocycles. The van der Waals surface area contributed by atoms with E-state index in [1.165, 1.54) is 18.2 Å². The topological polar surface area (TPSA) is 80.7 Å². The van der Waals surface area contributed by atoms with E-state index in [1.807, 2.05) is 0 Å². The van der Waals surface area contributed by atoms with Gasteiger partial charge >= 0.3 is 5.97 Å². The molecule has 0 fully saturated rings. The highest BCUT2D eigenvalue weighted by molar-refractivity contribution is 7.90. The van der Waals surface area contributed by atoms with Crippen molar-refractivity contribution in [2.24, 2.45) is 0 Å². The number of aromatic carboxylic acids is 1. The zero-order valence-electron chi connectivity index (χ0n) is 9.72. The Hall–Kier alpha value is -1.27. The van der Waals surface area contributed by atoms with E-state index in [0.29, 0.717) is 11.4 Å². The van der Waals surface area contributed by atoms with Crippen LogP contribution in [0, 0.1) is 0 Å². The molecule has 0 amide bonds. The third-order valence-corrected chi connectivity index (χ3v) is 3.35. The summed E-state index contributed by atoms with van der Waals surface area (Å²) in [5.41, 5.74) is -0.0399. The maximum atomic E-state index is 10.9. The van der Waals surface area contributed by atoms with Crippen molar-refractivity contribution in [1.29, 1.82) is 0 Å². The van der Waals surface area contributed by atoms with Gasteiger partial charge in [0, 0.05) is 11.3 Å². The molecule has 0 aliphatic rings. The van der Waals surface area contributed by atoms with Crippen LogP contribution in [-0.2, 0) is 9.84 Å². The first-order valence-corrected chi connectivity index (χ1v) is 7.57. The van der Waals surface area contributed by atoms with Gasteiger partial charge in [0.25, 0.3) is 0 Å². The number of carboxylic acid groups (broad SMARTS) is 1. The Bertz CT molecular complexity index is 538. The summed E-state index contributed by atoms with van der Waals surface area (Å²) in [5.74, 6) is -0.959. The average Bonchev–Trinajstić information content (AvgIpc) is 2.24. The molecule has 0 aliphatic heterocycles. The van der Waals surface area contributed by atoms with Crippen LogP contribution in [0.25, 0.3) is 0 Å². The number of rotatable bonds is 6. The molecule has 7 heteroatoms. The van der Waals surface area contributed by atoms with Crippen LogP contribution in [0.3, 0.4) is 0 Å². The summed E-state index contributed by atoms with van der Waals surface area (Å²) in [6.45, 7) is 0.134. The number of hydrogen-bond donors (Lipinski definition) is 1. The predicted molar refractivity (Wildman–Crippen MR) is 68.2 cm³/mol. The van der Waals surface area contributed by atoms with Crippen molar-refractivity contribution in [2.75, 3.05) is 18.6 Å². The highest BCUT2D eigenvalue weighted by atomic mass is 35.5. The quantitative estimate of drug-likeness (QED) is 0.809. The van der Waals surface area contributed by atoms with Gasteiger partial charge in [0.05, 0.1) is 12.4 Å². The van der Waals surface area contributed by atoms with Gasteiger partial charge < -0.3 is 9.84 Å². The van der Waals surface area contributed by atoms with Crippen molar-refractivity contribution in [3.05, 3.63) is 28.8 Å². The summed E-state index contributed by atoms with van der Waals surface area (Å²) in [5, 5.41) is 9.24. The van der Waals surface area contributed by atoms with Gasteiger partial charge in [-0.1, -0.05) is 11.6 Å². The number of carbonyl (C=O) groups is 1. The number of benzene rings is 1. The number of sulfone groups is 1. The van der Waals surface area contributed by atoms with Crippen LogP contribution < -0.4 is 4.74 Å². The van der Waals surface area contributed by atoms with Gasteiger partial charge in [0.15, 0.2) is 0 Å². The Morgan fingerprint density at radius 3 is 2.67 bits per heavy atom. The van der Waals surface area contributed by atoms with E-state index >= 15 is 0 Å². The molecule has 0 aliphatic carbocycles. The van der Waals surface area contributed by atoms with Crippen molar-refractivity contribution in [1.82, 2.24) is 0 Å². The molecule has 0 saturated carbocycles. The average molecular weight is 293 g/mol. The minimum absolute atomic E-state index is 0.00297. The van der Waals surface area contributed by atoms with E-state index in [1.54, 1.807) is 0 Å². The van der Waals surface area contributed by atoms with E-state index in [2.05, 4.69) is 0 Å². The molecule has 0 spiro atoms. The number of halogens is 1. The lowest BCUT2D eigenvalue weighted by atomic mass is 10.2. The molecule has 0 atom stereocenters. The maximum Gasteiger partial charge on any atom is 0.339 e. The van der Waals surface area contributed by atoms with Crippen molar-refractivity contribution >= 4 is 27.4 Å². The van der Waals surface area contributed by atoms with Crippen molar-refractivity contribution < 1.29 is 23.1 Å². The Morgan fingerprint density at radius 2 is 2.11 bits per heavy atom. The van der Waals surface area contributed by atoms with Crippen molar-refractivity contribution in [2.45, 2.75) is 6.42 Å². The SMILES string of the molecule is CS(=O)(=O)CCCOc1ccc(Cl)cc1C(=O)O. The Labute approximate surface area is 110 Å². The molecule has 0 aromatic heterocycles. The lowest BCUT2D eigenvalue weighted by Gasteiger charge is -2.09. The fourth-order valence-corrected chi connectivity index (χ4v) is 2.11. The maximum absolute atomic E-state index is 10.9. The van der Waals surface area contributed by atoms with E-state index in [4.69, 9.17) is 21.4 Å². The van der Waals surface area contributed by atoms with Crippen LogP contribution in [0.15, 0.2) is 18.2 Å². The molecule has 0 radical (unpaired) electrons. The zero-order chi connectivity index (χ0) is 13.8. The van der Waals surface area contributed by atoms with Gasteiger partial charge in [0.2, 0.25) is 0 Å². The van der Waals surface area contributed by atoms with Crippen LogP contribution in [-0.4, -0.2) is 38.1 Å². The lowest BCUT2D eigenvalue weighted by molar-refractivity contribution is 0.0692. The first kappa shape index (κ1) is 14.8. The van der Waals surface area contributed by atoms with E-state index in [-0.39, 0.29) is 23.7 Å². The monoisotopic (exact) mass is 292 g/mol. The van der Waals surface area contributed by atoms with Gasteiger partial charge in [0.1, 0.15) is 21.2 Å². The molecule has 0 bridgehead atoms. The second-order valence-corrected chi connectivity index (χ2v) is 6.47. The smallest absolute Gasteiger partial charge is 0.339 e. The van der Waals surface area contributed by atoms with Crippen LogP contribution in [0.2, 0.25) is 5.02 Å². The molecular formula is C11H13ClO5S. The molecule has 5 nitrogen and oxygen atoms in total. The summed E-state index contributed by atoms with van der Waals surface area (Å²) < 4.78 is 27.0.